The van der Waals surface area contributed by atoms with Gasteiger partial charge < -0.3 is 5.32 Å². The topological polar surface area (TPSA) is 37.8 Å². The summed E-state index contributed by atoms with van der Waals surface area (Å²) in [7, 11) is 0. The number of hydrogen-bond acceptors (Lipinski definition) is 3. The van der Waals surface area contributed by atoms with Gasteiger partial charge in [-0.1, -0.05) is 13.8 Å². The zero-order chi connectivity index (χ0) is 10.1. The summed E-state index contributed by atoms with van der Waals surface area (Å²) in [5, 5.41) is 3.46. The molecule has 3 atom stereocenters. The molecule has 3 nitrogen and oxygen atoms in total. The average Bonchev–Trinajstić information content (AvgIpc) is 2.20. The minimum atomic E-state index is 0.608. The second-order valence-electron chi connectivity index (χ2n) is 4.34. The van der Waals surface area contributed by atoms with Gasteiger partial charge >= 0.3 is 0 Å². The van der Waals surface area contributed by atoms with Crippen LogP contribution in [0.4, 0.5) is 5.69 Å². The molecule has 0 aliphatic heterocycles. The molecule has 0 bridgehead atoms. The van der Waals surface area contributed by atoms with Gasteiger partial charge in [-0.2, -0.15) is 0 Å². The average molecular weight is 191 g/mol. The van der Waals surface area contributed by atoms with Gasteiger partial charge in [-0.05, 0) is 25.2 Å². The Morgan fingerprint density at radius 1 is 1.29 bits per heavy atom. The molecule has 3 unspecified atom stereocenters. The Labute approximate surface area is 85.0 Å². The third-order valence-electron chi connectivity index (χ3n) is 3.29. The zero-order valence-corrected chi connectivity index (χ0v) is 8.99. The Hall–Kier alpha value is -1.12. The molecule has 1 aliphatic rings. The van der Waals surface area contributed by atoms with Gasteiger partial charge in [-0.25, -0.2) is 9.97 Å². The third kappa shape index (κ3) is 1.72. The summed E-state index contributed by atoms with van der Waals surface area (Å²) in [6.45, 7) is 6.49. The van der Waals surface area contributed by atoms with Crippen molar-refractivity contribution < 1.29 is 0 Å². The number of hydrogen-bond donors (Lipinski definition) is 1. The van der Waals surface area contributed by atoms with Gasteiger partial charge in [0, 0.05) is 6.04 Å². The van der Waals surface area contributed by atoms with E-state index >= 15 is 0 Å². The molecule has 0 spiro atoms. The highest BCUT2D eigenvalue weighted by Gasteiger charge is 2.34. The maximum absolute atomic E-state index is 4.16. The predicted octanol–water partition coefficient (Wildman–Crippen LogP) is 2.24. The molecular weight excluding hydrogens is 174 g/mol. The second kappa shape index (κ2) is 3.56. The number of nitrogens with one attached hydrogen (secondary N) is 1. The van der Waals surface area contributed by atoms with E-state index < -0.39 is 0 Å². The van der Waals surface area contributed by atoms with Crippen LogP contribution in [0.2, 0.25) is 0 Å². The standard InChI is InChI=1S/C11H17N3/c1-7-4-11(8(7)2)14-10-5-12-9(3)13-6-10/h5-8,11,14H,4H2,1-3H3. The van der Waals surface area contributed by atoms with Crippen molar-refractivity contribution in [2.24, 2.45) is 11.8 Å². The van der Waals surface area contributed by atoms with Gasteiger partial charge in [-0.3, -0.25) is 0 Å². The van der Waals surface area contributed by atoms with Crippen LogP contribution in [0.15, 0.2) is 12.4 Å². The summed E-state index contributed by atoms with van der Waals surface area (Å²) in [6.07, 6.45) is 4.98. The van der Waals surface area contributed by atoms with Crippen LogP contribution >= 0.6 is 0 Å². The molecule has 76 valence electrons. The number of aromatic nitrogens is 2. The van der Waals surface area contributed by atoms with E-state index in [-0.39, 0.29) is 0 Å². The molecule has 1 heterocycles. The summed E-state index contributed by atoms with van der Waals surface area (Å²) in [4.78, 5) is 8.32. The molecule has 1 aromatic heterocycles. The van der Waals surface area contributed by atoms with E-state index in [0.717, 1.165) is 23.3 Å². The van der Waals surface area contributed by atoms with Crippen LogP contribution in [-0.2, 0) is 0 Å². The molecule has 1 N–H and O–H groups in total. The SMILES string of the molecule is Cc1ncc(NC2CC(C)C2C)cn1. The minimum Gasteiger partial charge on any atom is -0.380 e. The van der Waals surface area contributed by atoms with Crippen molar-refractivity contribution in [3.8, 4) is 0 Å². The van der Waals surface area contributed by atoms with E-state index in [1.54, 1.807) is 0 Å². The minimum absolute atomic E-state index is 0.608. The monoisotopic (exact) mass is 191 g/mol. The molecule has 1 aromatic rings. The van der Waals surface area contributed by atoms with E-state index in [9.17, 15) is 0 Å². The zero-order valence-electron chi connectivity index (χ0n) is 8.99. The molecule has 1 saturated carbocycles. The van der Waals surface area contributed by atoms with Crippen LogP contribution in [0.5, 0.6) is 0 Å². The molecule has 14 heavy (non-hydrogen) atoms. The fourth-order valence-corrected chi connectivity index (χ4v) is 1.90. The van der Waals surface area contributed by atoms with Crippen molar-refractivity contribution in [2.45, 2.75) is 33.2 Å². The first kappa shape index (κ1) is 9.44. The van der Waals surface area contributed by atoms with E-state index in [0.29, 0.717) is 6.04 Å². The number of rotatable bonds is 2. The maximum atomic E-state index is 4.16. The molecule has 0 radical (unpaired) electrons. The quantitative estimate of drug-likeness (QED) is 0.779. The smallest absolute Gasteiger partial charge is 0.125 e. The highest BCUT2D eigenvalue weighted by Crippen LogP contribution is 2.35. The lowest BCUT2D eigenvalue weighted by atomic mass is 9.71. The van der Waals surface area contributed by atoms with E-state index in [1.165, 1.54) is 6.42 Å². The maximum Gasteiger partial charge on any atom is 0.125 e. The van der Waals surface area contributed by atoms with Gasteiger partial charge in [0.15, 0.2) is 0 Å². The lowest BCUT2D eigenvalue weighted by molar-refractivity contribution is 0.189. The highest BCUT2D eigenvalue weighted by molar-refractivity contribution is 5.39. The van der Waals surface area contributed by atoms with Crippen LogP contribution in [0.25, 0.3) is 0 Å². The first-order chi connectivity index (χ1) is 6.66. The molecule has 2 rings (SSSR count). The normalized spacial score (nSPS) is 30.9. The Kier molecular flexibility index (Phi) is 2.40. The first-order valence-corrected chi connectivity index (χ1v) is 5.22. The van der Waals surface area contributed by atoms with Crippen molar-refractivity contribution in [1.29, 1.82) is 0 Å². The summed E-state index contributed by atoms with van der Waals surface area (Å²) in [5.74, 6) is 2.43. The number of anilines is 1. The first-order valence-electron chi connectivity index (χ1n) is 5.22. The van der Waals surface area contributed by atoms with Crippen LogP contribution in [0.3, 0.4) is 0 Å². The summed E-state index contributed by atoms with van der Waals surface area (Å²) >= 11 is 0. The van der Waals surface area contributed by atoms with Gasteiger partial charge in [0.2, 0.25) is 0 Å². The third-order valence-corrected chi connectivity index (χ3v) is 3.29. The van der Waals surface area contributed by atoms with Crippen molar-refractivity contribution >= 4 is 5.69 Å². The fourth-order valence-electron chi connectivity index (χ4n) is 1.90. The van der Waals surface area contributed by atoms with Gasteiger partial charge in [0.1, 0.15) is 5.82 Å². The second-order valence-corrected chi connectivity index (χ2v) is 4.34. The summed E-state index contributed by atoms with van der Waals surface area (Å²) < 4.78 is 0. The highest BCUT2D eigenvalue weighted by atomic mass is 15.0. The molecule has 0 aromatic carbocycles. The predicted molar refractivity (Wildman–Crippen MR) is 57.1 cm³/mol. The van der Waals surface area contributed by atoms with Crippen molar-refractivity contribution in [1.82, 2.24) is 9.97 Å². The van der Waals surface area contributed by atoms with E-state index in [1.807, 2.05) is 19.3 Å². The van der Waals surface area contributed by atoms with Crippen LogP contribution in [0.1, 0.15) is 26.1 Å². The Balaban J connectivity index is 1.95. The Morgan fingerprint density at radius 3 is 2.43 bits per heavy atom. The van der Waals surface area contributed by atoms with E-state index in [2.05, 4.69) is 29.1 Å². The van der Waals surface area contributed by atoms with Gasteiger partial charge in [0.05, 0.1) is 18.1 Å². The summed E-state index contributed by atoms with van der Waals surface area (Å²) in [5.41, 5.74) is 1.04. The molecule has 1 fully saturated rings. The molecule has 3 heteroatoms. The Morgan fingerprint density at radius 2 is 1.93 bits per heavy atom. The number of nitrogens with zero attached hydrogens (tertiary/aromatic N) is 2. The lowest BCUT2D eigenvalue weighted by Crippen LogP contribution is -2.43. The summed E-state index contributed by atoms with van der Waals surface area (Å²) in [6, 6.07) is 0.608. The van der Waals surface area contributed by atoms with Gasteiger partial charge in [0.25, 0.3) is 0 Å². The van der Waals surface area contributed by atoms with Gasteiger partial charge in [-0.15, -0.1) is 0 Å². The van der Waals surface area contributed by atoms with Crippen LogP contribution in [-0.4, -0.2) is 16.0 Å². The van der Waals surface area contributed by atoms with Crippen LogP contribution in [0, 0.1) is 18.8 Å². The lowest BCUT2D eigenvalue weighted by Gasteiger charge is -2.41. The molecule has 0 amide bonds. The molecule has 0 saturated heterocycles. The van der Waals surface area contributed by atoms with Crippen LogP contribution < -0.4 is 5.32 Å². The van der Waals surface area contributed by atoms with Crippen molar-refractivity contribution in [3.63, 3.8) is 0 Å². The van der Waals surface area contributed by atoms with E-state index in [4.69, 9.17) is 0 Å². The largest absolute Gasteiger partial charge is 0.380 e. The molecular formula is C11H17N3. The molecule has 1 aliphatic carbocycles. The fraction of sp³-hybridized carbons (Fsp3) is 0.636. The Bertz CT molecular complexity index is 307. The number of aryl methyl sites for hydroxylation is 1. The van der Waals surface area contributed by atoms with Crippen molar-refractivity contribution in [3.05, 3.63) is 18.2 Å². The van der Waals surface area contributed by atoms with Crippen molar-refractivity contribution in [2.75, 3.05) is 5.32 Å².